The van der Waals surface area contributed by atoms with E-state index in [1.807, 2.05) is 0 Å². The van der Waals surface area contributed by atoms with Crippen LogP contribution in [0, 0.1) is 0 Å². The minimum atomic E-state index is -1.13. The first-order chi connectivity index (χ1) is 29.6. The molecule has 0 aromatic heterocycles. The van der Waals surface area contributed by atoms with Crippen LogP contribution in [0.3, 0.4) is 0 Å². The molecule has 2 unspecified atom stereocenters. The van der Waals surface area contributed by atoms with E-state index >= 15 is 0 Å². The number of unbranched alkanes of at least 4 members (excludes halogenated alkanes) is 23. The van der Waals surface area contributed by atoms with Crippen molar-refractivity contribution in [2.24, 2.45) is 0 Å². The third-order valence-electron chi connectivity index (χ3n) is 11.2. The van der Waals surface area contributed by atoms with E-state index < -0.39 is 18.1 Å². The number of hydrogen-bond donors (Lipinski definition) is 0. The first-order valence-electron chi connectivity index (χ1n) is 25.2. The van der Waals surface area contributed by atoms with Crippen molar-refractivity contribution in [2.45, 2.75) is 231 Å². The number of allylic oxidation sites excluding steroid dienone is 8. The molecule has 8 nitrogen and oxygen atoms in total. The summed E-state index contributed by atoms with van der Waals surface area (Å²) in [4.78, 5) is 37.0. The predicted molar refractivity (Wildman–Crippen MR) is 254 cm³/mol. The molecule has 354 valence electrons. The van der Waals surface area contributed by atoms with Crippen molar-refractivity contribution >= 4 is 17.9 Å². The lowest BCUT2D eigenvalue weighted by atomic mass is 10.0. The third kappa shape index (κ3) is 42.4. The first kappa shape index (κ1) is 58.3. The van der Waals surface area contributed by atoms with Crippen LogP contribution in [-0.2, 0) is 28.6 Å². The zero-order valence-electron chi connectivity index (χ0n) is 40.3. The Morgan fingerprint density at radius 2 is 0.918 bits per heavy atom. The van der Waals surface area contributed by atoms with Crippen molar-refractivity contribution in [1.82, 2.24) is 0 Å². The molecule has 0 N–H and O–H groups in total. The van der Waals surface area contributed by atoms with E-state index in [-0.39, 0.29) is 49.1 Å². The number of nitrogens with zero attached hydrogens (tertiary/aromatic N) is 1. The smallest absolute Gasteiger partial charge is 0.306 e. The van der Waals surface area contributed by atoms with Crippen LogP contribution in [0.15, 0.2) is 48.6 Å². The van der Waals surface area contributed by atoms with Gasteiger partial charge in [-0.3, -0.25) is 9.59 Å². The zero-order chi connectivity index (χ0) is 44.9. The second kappa shape index (κ2) is 43.9. The van der Waals surface area contributed by atoms with Crippen LogP contribution in [0.2, 0.25) is 0 Å². The van der Waals surface area contributed by atoms with Crippen LogP contribution in [0.5, 0.6) is 0 Å². The number of hydrogen-bond acceptors (Lipinski definition) is 7. The molecule has 0 rings (SSSR count). The van der Waals surface area contributed by atoms with E-state index in [0.717, 1.165) is 70.6 Å². The molecule has 0 aromatic rings. The molecule has 0 spiro atoms. The standard InChI is InChI=1S/C53H95NO7/c1-6-8-10-12-14-16-18-20-22-24-25-26-27-28-30-31-33-35-37-39-41-43-51(55)60-48-49(47-59-46-45-50(53(57)58)54(3,4)5)61-52(56)44-42-40-38-36-34-32-29-23-21-19-17-15-13-11-9-7-2/h9,11,15,17,21,23,32,34,49-50H,6-8,10,12-14,16,18-20,22,24-31,33,35-48H2,1-5H3/b11-9+,17-15+,23-21+,34-32+. The Labute approximate surface area is 376 Å². The minimum Gasteiger partial charge on any atom is -0.544 e. The molecule has 0 aromatic carbocycles. The molecule has 2 atom stereocenters. The zero-order valence-corrected chi connectivity index (χ0v) is 40.3. The molecule has 0 bridgehead atoms. The fourth-order valence-electron chi connectivity index (χ4n) is 7.36. The highest BCUT2D eigenvalue weighted by molar-refractivity contribution is 5.70. The van der Waals surface area contributed by atoms with Crippen LogP contribution in [-0.4, -0.2) is 75.5 Å². The molecule has 0 aliphatic carbocycles. The first-order valence-corrected chi connectivity index (χ1v) is 25.2. The quantitative estimate of drug-likeness (QED) is 0.0260. The molecule has 0 radical (unpaired) electrons. The maximum absolute atomic E-state index is 12.7. The van der Waals surface area contributed by atoms with Gasteiger partial charge in [-0.15, -0.1) is 0 Å². The molecular weight excluding hydrogens is 763 g/mol. The Balaban J connectivity index is 4.25. The van der Waals surface area contributed by atoms with Crippen molar-refractivity contribution in [3.8, 4) is 0 Å². The second-order valence-electron chi connectivity index (χ2n) is 18.0. The lowest BCUT2D eigenvalue weighted by Gasteiger charge is -2.34. The molecule has 61 heavy (non-hydrogen) atoms. The van der Waals surface area contributed by atoms with Crippen LogP contribution in [0.25, 0.3) is 0 Å². The van der Waals surface area contributed by atoms with Crippen molar-refractivity contribution in [1.29, 1.82) is 0 Å². The molecule has 0 aliphatic heterocycles. The number of carboxylic acids is 1. The Hall–Kier alpha value is -2.71. The molecule has 0 fully saturated rings. The van der Waals surface area contributed by atoms with Crippen LogP contribution < -0.4 is 5.11 Å². The normalized spacial score (nSPS) is 13.3. The molecule has 0 saturated carbocycles. The number of carbonyl (C=O) groups excluding carboxylic acids is 3. The summed E-state index contributed by atoms with van der Waals surface area (Å²) in [5.74, 6) is -1.77. The summed E-state index contributed by atoms with van der Waals surface area (Å²) < 4.78 is 17.2. The maximum Gasteiger partial charge on any atom is 0.306 e. The van der Waals surface area contributed by atoms with Gasteiger partial charge in [0.15, 0.2) is 6.10 Å². The number of aliphatic carboxylic acids is 1. The predicted octanol–water partition coefficient (Wildman–Crippen LogP) is 13.0. The van der Waals surface area contributed by atoms with E-state index in [1.54, 1.807) is 21.1 Å². The topological polar surface area (TPSA) is 102 Å². The highest BCUT2D eigenvalue weighted by Crippen LogP contribution is 2.16. The highest BCUT2D eigenvalue weighted by Gasteiger charge is 2.25. The SMILES string of the molecule is CC/C=C/C/C=C/C/C=C/C/C=C/CCCCCC(=O)OC(COCCC(C(=O)[O-])[N+](C)(C)C)COC(=O)CCCCCCCCCCCCCCCCCCCCCCC. The number of carboxylic acid groups (broad SMARTS) is 1. The average molecular weight is 858 g/mol. The summed E-state index contributed by atoms with van der Waals surface area (Å²) in [6.45, 7) is 4.54. The van der Waals surface area contributed by atoms with Crippen molar-refractivity contribution in [2.75, 3.05) is 41.0 Å². The van der Waals surface area contributed by atoms with E-state index in [1.165, 1.54) is 116 Å². The van der Waals surface area contributed by atoms with Gasteiger partial charge in [-0.25, -0.2) is 0 Å². The summed E-state index contributed by atoms with van der Waals surface area (Å²) in [6, 6.07) is -0.732. The summed E-state index contributed by atoms with van der Waals surface area (Å²) in [5, 5.41) is 11.7. The van der Waals surface area contributed by atoms with Crippen LogP contribution in [0.1, 0.15) is 219 Å². The largest absolute Gasteiger partial charge is 0.544 e. The van der Waals surface area contributed by atoms with Gasteiger partial charge in [-0.2, -0.15) is 0 Å². The van der Waals surface area contributed by atoms with E-state index in [0.29, 0.717) is 6.42 Å². The van der Waals surface area contributed by atoms with Gasteiger partial charge in [0.25, 0.3) is 0 Å². The number of ether oxygens (including phenoxy) is 3. The molecule has 0 heterocycles. The monoisotopic (exact) mass is 858 g/mol. The maximum atomic E-state index is 12.7. The van der Waals surface area contributed by atoms with Gasteiger partial charge in [-0.1, -0.05) is 197 Å². The number of likely N-dealkylation sites (N-methyl/N-ethyl adjacent to an activating group) is 1. The van der Waals surface area contributed by atoms with Gasteiger partial charge < -0.3 is 28.6 Å². The lowest BCUT2D eigenvalue weighted by molar-refractivity contribution is -0.889. The fraction of sp³-hybridized carbons (Fsp3) is 0.792. The third-order valence-corrected chi connectivity index (χ3v) is 11.2. The summed E-state index contributed by atoms with van der Waals surface area (Å²) in [7, 11) is 5.40. The lowest BCUT2D eigenvalue weighted by Crippen LogP contribution is -2.55. The molecule has 8 heteroatoms. The van der Waals surface area contributed by atoms with Gasteiger partial charge >= 0.3 is 11.9 Å². The Morgan fingerprint density at radius 3 is 1.36 bits per heavy atom. The Morgan fingerprint density at radius 1 is 0.508 bits per heavy atom. The van der Waals surface area contributed by atoms with Crippen molar-refractivity contribution in [3.63, 3.8) is 0 Å². The highest BCUT2D eigenvalue weighted by atomic mass is 16.6. The van der Waals surface area contributed by atoms with Gasteiger partial charge in [0, 0.05) is 19.3 Å². The second-order valence-corrected chi connectivity index (χ2v) is 18.0. The van der Waals surface area contributed by atoms with E-state index in [4.69, 9.17) is 14.2 Å². The number of carbonyl (C=O) groups is 3. The average Bonchev–Trinajstić information content (AvgIpc) is 3.22. The van der Waals surface area contributed by atoms with Gasteiger partial charge in [0.1, 0.15) is 12.6 Å². The number of rotatable bonds is 45. The minimum absolute atomic E-state index is 0.0289. The van der Waals surface area contributed by atoms with Gasteiger partial charge in [-0.05, 0) is 51.4 Å². The summed E-state index contributed by atoms with van der Waals surface area (Å²) in [5.41, 5.74) is 0. The van der Waals surface area contributed by atoms with E-state index in [9.17, 15) is 19.5 Å². The fourth-order valence-corrected chi connectivity index (χ4v) is 7.36. The number of esters is 2. The van der Waals surface area contributed by atoms with Gasteiger partial charge in [0.05, 0.1) is 40.3 Å². The van der Waals surface area contributed by atoms with Crippen molar-refractivity contribution < 1.29 is 38.2 Å². The molecular formula is C53H95NO7. The van der Waals surface area contributed by atoms with Gasteiger partial charge in [0.2, 0.25) is 0 Å². The molecule has 0 saturated heterocycles. The molecule has 0 amide bonds. The summed E-state index contributed by atoms with van der Waals surface area (Å²) >= 11 is 0. The van der Waals surface area contributed by atoms with E-state index in [2.05, 4.69) is 62.5 Å². The Bertz CT molecular complexity index is 1140. The van der Waals surface area contributed by atoms with Crippen LogP contribution in [0.4, 0.5) is 0 Å². The number of quaternary nitrogens is 1. The summed E-state index contributed by atoms with van der Waals surface area (Å²) in [6.07, 6.45) is 52.9. The van der Waals surface area contributed by atoms with Crippen LogP contribution >= 0.6 is 0 Å². The Kier molecular flexibility index (Phi) is 42.0. The molecule has 0 aliphatic rings. The van der Waals surface area contributed by atoms with Crippen molar-refractivity contribution in [3.05, 3.63) is 48.6 Å².